The second-order valence-corrected chi connectivity index (χ2v) is 6.07. The number of carbonyl (C=O) groups is 3. The van der Waals surface area contributed by atoms with Crippen LogP contribution in [0.25, 0.3) is 11.8 Å². The zero-order chi connectivity index (χ0) is 19.7. The monoisotopic (exact) mass is 379 g/mol. The first-order valence-corrected chi connectivity index (χ1v) is 8.37. The van der Waals surface area contributed by atoms with Crippen LogP contribution in [0.5, 0.6) is 0 Å². The summed E-state index contributed by atoms with van der Waals surface area (Å²) < 4.78 is 20.0. The van der Waals surface area contributed by atoms with Crippen LogP contribution in [0.4, 0.5) is 9.18 Å². The van der Waals surface area contributed by atoms with Crippen molar-refractivity contribution >= 4 is 23.9 Å². The zero-order valence-electron chi connectivity index (χ0n) is 14.5. The van der Waals surface area contributed by atoms with E-state index in [1.807, 2.05) is 0 Å². The molecule has 0 unspecified atom stereocenters. The van der Waals surface area contributed by atoms with E-state index >= 15 is 0 Å². The van der Waals surface area contributed by atoms with Gasteiger partial charge in [0, 0.05) is 17.6 Å². The number of imide groups is 2. The molecule has 140 valence electrons. The molecule has 1 aliphatic heterocycles. The van der Waals surface area contributed by atoms with Crippen LogP contribution in [0.3, 0.4) is 0 Å². The molecule has 0 saturated carbocycles. The van der Waals surface area contributed by atoms with Gasteiger partial charge in [0.05, 0.1) is 12.8 Å². The minimum absolute atomic E-state index is 0.0960. The maximum Gasteiger partial charge on any atom is 0.331 e. The fraction of sp³-hybridized carbons (Fsp3) is 0.0500. The van der Waals surface area contributed by atoms with Crippen LogP contribution in [0.2, 0.25) is 0 Å². The van der Waals surface area contributed by atoms with Crippen LogP contribution in [0, 0.1) is 5.82 Å². The van der Waals surface area contributed by atoms with Crippen LogP contribution in [-0.2, 0) is 16.1 Å². The number of hydrogen-bond acceptors (Lipinski definition) is 4. The number of urea groups is 1. The number of aromatic nitrogens is 1. The maximum absolute atomic E-state index is 13.2. The highest BCUT2D eigenvalue weighted by Crippen LogP contribution is 2.20. The van der Waals surface area contributed by atoms with Crippen LogP contribution in [0.1, 0.15) is 11.5 Å². The molecule has 8 heteroatoms. The Hall–Kier alpha value is -3.94. The molecule has 0 atom stereocenters. The second-order valence-electron chi connectivity index (χ2n) is 6.07. The standard InChI is InChI=1S/C20H14FN3O4/c21-13-5-7-14(8-6-13)23-9-1-3-15(23)11-17-18(25)22-20(27)24(19(17)26)12-16-4-2-10-28-16/h1-11H,12H2,(H,22,25,27)/b17-11+. The van der Waals surface area contributed by atoms with Gasteiger partial charge in [0.2, 0.25) is 0 Å². The van der Waals surface area contributed by atoms with Crippen molar-refractivity contribution in [3.63, 3.8) is 0 Å². The van der Waals surface area contributed by atoms with Gasteiger partial charge in [-0.1, -0.05) is 0 Å². The Morgan fingerprint density at radius 2 is 1.82 bits per heavy atom. The Bertz CT molecular complexity index is 1080. The molecule has 4 rings (SSSR count). The highest BCUT2D eigenvalue weighted by Gasteiger charge is 2.36. The lowest BCUT2D eigenvalue weighted by molar-refractivity contribution is -0.130. The predicted octanol–water partition coefficient (Wildman–Crippen LogP) is 2.87. The average Bonchev–Trinajstić information content (AvgIpc) is 3.35. The first-order valence-electron chi connectivity index (χ1n) is 8.37. The van der Waals surface area contributed by atoms with Crippen molar-refractivity contribution in [3.8, 4) is 5.69 Å². The molecule has 0 radical (unpaired) electrons. The van der Waals surface area contributed by atoms with E-state index in [0.717, 1.165) is 4.90 Å². The maximum atomic E-state index is 13.2. The van der Waals surface area contributed by atoms with Gasteiger partial charge in [-0.25, -0.2) is 9.18 Å². The van der Waals surface area contributed by atoms with Gasteiger partial charge < -0.3 is 8.98 Å². The van der Waals surface area contributed by atoms with Gasteiger partial charge in [0.15, 0.2) is 0 Å². The van der Waals surface area contributed by atoms with Crippen molar-refractivity contribution in [2.75, 3.05) is 0 Å². The molecule has 1 fully saturated rings. The van der Waals surface area contributed by atoms with Gasteiger partial charge in [0.25, 0.3) is 11.8 Å². The number of nitrogens with zero attached hydrogens (tertiary/aromatic N) is 2. The Balaban J connectivity index is 1.68. The third-order valence-corrected chi connectivity index (χ3v) is 4.26. The topological polar surface area (TPSA) is 84.6 Å². The molecular formula is C20H14FN3O4. The zero-order valence-corrected chi connectivity index (χ0v) is 14.5. The molecule has 3 heterocycles. The van der Waals surface area contributed by atoms with Crippen molar-refractivity contribution in [2.45, 2.75) is 6.54 Å². The summed E-state index contributed by atoms with van der Waals surface area (Å²) in [5.41, 5.74) is 0.996. The van der Waals surface area contributed by atoms with Gasteiger partial charge in [-0.15, -0.1) is 0 Å². The minimum atomic E-state index is -0.808. The van der Waals surface area contributed by atoms with E-state index < -0.39 is 17.8 Å². The lowest BCUT2D eigenvalue weighted by Gasteiger charge is -2.25. The summed E-state index contributed by atoms with van der Waals surface area (Å²) in [6.07, 6.45) is 4.54. The molecule has 7 nitrogen and oxygen atoms in total. The summed E-state index contributed by atoms with van der Waals surface area (Å²) in [6, 6.07) is 11.7. The van der Waals surface area contributed by atoms with Gasteiger partial charge >= 0.3 is 6.03 Å². The summed E-state index contributed by atoms with van der Waals surface area (Å²) in [7, 11) is 0. The number of furan rings is 1. The number of barbiturate groups is 1. The Morgan fingerprint density at radius 1 is 1.04 bits per heavy atom. The normalized spacial score (nSPS) is 16.0. The summed E-state index contributed by atoms with van der Waals surface area (Å²) in [5, 5.41) is 2.16. The Kier molecular flexibility index (Phi) is 4.36. The number of carbonyl (C=O) groups excluding carboxylic acids is 3. The van der Waals surface area contributed by atoms with E-state index in [-0.39, 0.29) is 17.9 Å². The molecule has 3 aromatic rings. The molecule has 2 aromatic heterocycles. The molecule has 0 spiro atoms. The van der Waals surface area contributed by atoms with Crippen molar-refractivity contribution in [2.24, 2.45) is 0 Å². The molecule has 1 saturated heterocycles. The highest BCUT2D eigenvalue weighted by atomic mass is 19.1. The number of amides is 4. The first kappa shape index (κ1) is 17.5. The lowest BCUT2D eigenvalue weighted by atomic mass is 10.1. The summed E-state index contributed by atoms with van der Waals surface area (Å²) in [4.78, 5) is 38.0. The minimum Gasteiger partial charge on any atom is -0.467 e. The van der Waals surface area contributed by atoms with Crippen molar-refractivity contribution < 1.29 is 23.2 Å². The molecule has 4 amide bonds. The molecule has 0 aliphatic carbocycles. The molecule has 1 N–H and O–H groups in total. The lowest BCUT2D eigenvalue weighted by Crippen LogP contribution is -2.53. The third kappa shape index (κ3) is 3.23. The van der Waals surface area contributed by atoms with Gasteiger partial charge in [0.1, 0.15) is 17.2 Å². The first-order chi connectivity index (χ1) is 13.5. The largest absolute Gasteiger partial charge is 0.467 e. The number of rotatable bonds is 4. The molecule has 28 heavy (non-hydrogen) atoms. The van der Waals surface area contributed by atoms with Crippen molar-refractivity contribution in [3.05, 3.63) is 83.8 Å². The van der Waals surface area contributed by atoms with Crippen molar-refractivity contribution in [1.29, 1.82) is 0 Å². The molecule has 1 aromatic carbocycles. The fourth-order valence-electron chi connectivity index (χ4n) is 2.89. The highest BCUT2D eigenvalue weighted by molar-refractivity contribution is 6.30. The van der Waals surface area contributed by atoms with E-state index in [2.05, 4.69) is 5.32 Å². The van der Waals surface area contributed by atoms with Gasteiger partial charge in [-0.05, 0) is 54.6 Å². The number of nitrogens with one attached hydrogen (secondary N) is 1. The summed E-state index contributed by atoms with van der Waals surface area (Å²) in [5.74, 6) is -1.47. The van der Waals surface area contributed by atoms with Gasteiger partial charge in [-0.2, -0.15) is 0 Å². The number of halogens is 1. The van der Waals surface area contributed by atoms with E-state index in [1.54, 1.807) is 47.2 Å². The number of benzene rings is 1. The quantitative estimate of drug-likeness (QED) is 0.558. The summed E-state index contributed by atoms with van der Waals surface area (Å²) >= 11 is 0. The Labute approximate surface area is 158 Å². The third-order valence-electron chi connectivity index (χ3n) is 4.26. The second kappa shape index (κ2) is 6.99. The van der Waals surface area contributed by atoms with Crippen LogP contribution in [-0.4, -0.2) is 27.3 Å². The molecular weight excluding hydrogens is 365 g/mol. The van der Waals surface area contributed by atoms with Crippen molar-refractivity contribution in [1.82, 2.24) is 14.8 Å². The van der Waals surface area contributed by atoms with Crippen LogP contribution < -0.4 is 5.32 Å². The van der Waals surface area contributed by atoms with E-state index in [1.165, 1.54) is 24.5 Å². The predicted molar refractivity (Wildman–Crippen MR) is 96.5 cm³/mol. The smallest absolute Gasteiger partial charge is 0.331 e. The van der Waals surface area contributed by atoms with E-state index in [4.69, 9.17) is 4.42 Å². The number of hydrogen-bond donors (Lipinski definition) is 1. The molecule has 0 bridgehead atoms. The fourth-order valence-corrected chi connectivity index (χ4v) is 2.89. The average molecular weight is 379 g/mol. The van der Waals surface area contributed by atoms with Crippen LogP contribution >= 0.6 is 0 Å². The molecule has 1 aliphatic rings. The van der Waals surface area contributed by atoms with Crippen LogP contribution in [0.15, 0.2) is 71.0 Å². The van der Waals surface area contributed by atoms with E-state index in [0.29, 0.717) is 17.1 Å². The van der Waals surface area contributed by atoms with Gasteiger partial charge in [-0.3, -0.25) is 19.8 Å². The Morgan fingerprint density at radius 3 is 2.54 bits per heavy atom. The summed E-state index contributed by atoms with van der Waals surface area (Å²) in [6.45, 7) is -0.0960. The van der Waals surface area contributed by atoms with E-state index in [9.17, 15) is 18.8 Å². The SMILES string of the molecule is O=C1NC(=O)N(Cc2ccco2)C(=O)/C1=C/c1cccn1-c1ccc(F)cc1.